The second-order valence-corrected chi connectivity index (χ2v) is 5.38. The number of hydrogen-bond donors (Lipinski definition) is 2. The highest BCUT2D eigenvalue weighted by Gasteiger charge is 2.25. The summed E-state index contributed by atoms with van der Waals surface area (Å²) in [6, 6.07) is 15.9. The Bertz CT molecular complexity index is 634. The number of nitrogens with one attached hydrogen (secondary N) is 2. The summed E-state index contributed by atoms with van der Waals surface area (Å²) in [4.78, 5) is 12.5. The maximum absolute atomic E-state index is 12.5. The van der Waals surface area contributed by atoms with Crippen molar-refractivity contribution in [3.05, 3.63) is 65.2 Å². The summed E-state index contributed by atoms with van der Waals surface area (Å²) in [5.41, 5.74) is 4.47. The van der Waals surface area contributed by atoms with Crippen LogP contribution in [0.15, 0.2) is 48.5 Å². The Hall–Kier alpha value is -2.13. The number of fused-ring (bicyclic) bond motifs is 1. The van der Waals surface area contributed by atoms with Gasteiger partial charge < -0.3 is 10.6 Å². The Kier molecular flexibility index (Phi) is 4.02. The summed E-state index contributed by atoms with van der Waals surface area (Å²) in [6.45, 7) is 2.96. The van der Waals surface area contributed by atoms with Crippen LogP contribution >= 0.6 is 0 Å². The number of aryl methyl sites for hydroxylation is 1. The summed E-state index contributed by atoms with van der Waals surface area (Å²) in [5.74, 6) is 0.00592. The smallest absolute Gasteiger partial charge is 0.246 e. The zero-order chi connectivity index (χ0) is 14.7. The Morgan fingerprint density at radius 1 is 1.19 bits per heavy atom. The molecular formula is C18H20N2O. The lowest BCUT2D eigenvalue weighted by atomic mass is 9.94. The fourth-order valence-electron chi connectivity index (χ4n) is 2.78. The molecule has 108 valence electrons. The van der Waals surface area contributed by atoms with Gasteiger partial charge in [-0.3, -0.25) is 4.79 Å². The second-order valence-electron chi connectivity index (χ2n) is 5.38. The lowest BCUT2D eigenvalue weighted by Gasteiger charge is -2.26. The van der Waals surface area contributed by atoms with Crippen molar-refractivity contribution < 1.29 is 4.79 Å². The van der Waals surface area contributed by atoms with Crippen LogP contribution in [0, 0.1) is 0 Å². The SMILES string of the molecule is CCc1ccc(NC(=O)C2NCCc3ccccc32)cc1. The van der Waals surface area contributed by atoms with E-state index < -0.39 is 0 Å². The van der Waals surface area contributed by atoms with Gasteiger partial charge in [0.05, 0.1) is 0 Å². The quantitative estimate of drug-likeness (QED) is 0.907. The zero-order valence-electron chi connectivity index (χ0n) is 12.2. The van der Waals surface area contributed by atoms with Crippen molar-refractivity contribution in [1.29, 1.82) is 0 Å². The van der Waals surface area contributed by atoms with Gasteiger partial charge in [0.25, 0.3) is 0 Å². The second kappa shape index (κ2) is 6.10. The number of carbonyl (C=O) groups excluding carboxylic acids is 1. The fraction of sp³-hybridized carbons (Fsp3) is 0.278. The average molecular weight is 280 g/mol. The molecule has 0 spiro atoms. The summed E-state index contributed by atoms with van der Waals surface area (Å²) >= 11 is 0. The predicted molar refractivity (Wildman–Crippen MR) is 85.3 cm³/mol. The van der Waals surface area contributed by atoms with E-state index in [0.29, 0.717) is 0 Å². The minimum Gasteiger partial charge on any atom is -0.324 e. The predicted octanol–water partition coefficient (Wildman–Crippen LogP) is 3.07. The van der Waals surface area contributed by atoms with Crippen molar-refractivity contribution in [3.63, 3.8) is 0 Å². The molecule has 1 aliphatic heterocycles. The van der Waals surface area contributed by atoms with Gasteiger partial charge in [0.15, 0.2) is 0 Å². The summed E-state index contributed by atoms with van der Waals surface area (Å²) in [5, 5.41) is 6.31. The van der Waals surface area contributed by atoms with Gasteiger partial charge in [0, 0.05) is 12.2 Å². The number of carbonyl (C=O) groups is 1. The van der Waals surface area contributed by atoms with Crippen LogP contribution < -0.4 is 10.6 Å². The molecule has 3 nitrogen and oxygen atoms in total. The van der Waals surface area contributed by atoms with Crippen molar-refractivity contribution in [1.82, 2.24) is 5.32 Å². The van der Waals surface area contributed by atoms with Gasteiger partial charge in [-0.15, -0.1) is 0 Å². The largest absolute Gasteiger partial charge is 0.324 e. The van der Waals surface area contributed by atoms with Gasteiger partial charge in [-0.25, -0.2) is 0 Å². The van der Waals surface area contributed by atoms with Crippen LogP contribution in [0.4, 0.5) is 5.69 Å². The molecule has 1 atom stereocenters. The van der Waals surface area contributed by atoms with Crippen molar-refractivity contribution >= 4 is 11.6 Å². The van der Waals surface area contributed by atoms with E-state index in [1.54, 1.807) is 0 Å². The van der Waals surface area contributed by atoms with Gasteiger partial charge in [0.2, 0.25) is 5.91 Å². The highest BCUT2D eigenvalue weighted by molar-refractivity contribution is 5.96. The molecule has 1 heterocycles. The molecule has 0 aromatic heterocycles. The highest BCUT2D eigenvalue weighted by atomic mass is 16.2. The molecule has 1 aliphatic rings. The molecule has 3 heteroatoms. The average Bonchev–Trinajstić information content (AvgIpc) is 2.55. The molecule has 0 bridgehead atoms. The highest BCUT2D eigenvalue weighted by Crippen LogP contribution is 2.24. The maximum Gasteiger partial charge on any atom is 0.246 e. The summed E-state index contributed by atoms with van der Waals surface area (Å²) in [6.07, 6.45) is 1.98. The normalized spacial score (nSPS) is 17.1. The molecule has 2 N–H and O–H groups in total. The topological polar surface area (TPSA) is 41.1 Å². The summed E-state index contributed by atoms with van der Waals surface area (Å²) in [7, 11) is 0. The molecule has 3 rings (SSSR count). The first-order chi connectivity index (χ1) is 10.3. The molecule has 1 unspecified atom stereocenters. The van der Waals surface area contributed by atoms with Crippen LogP contribution in [-0.2, 0) is 17.6 Å². The van der Waals surface area contributed by atoms with E-state index >= 15 is 0 Å². The Morgan fingerprint density at radius 2 is 1.95 bits per heavy atom. The summed E-state index contributed by atoms with van der Waals surface area (Å²) < 4.78 is 0. The molecule has 0 aliphatic carbocycles. The number of amides is 1. The third kappa shape index (κ3) is 2.98. The van der Waals surface area contributed by atoms with Crippen molar-refractivity contribution in [2.75, 3.05) is 11.9 Å². The first-order valence-corrected chi connectivity index (χ1v) is 7.49. The Morgan fingerprint density at radius 3 is 2.71 bits per heavy atom. The van der Waals surface area contributed by atoms with Crippen LogP contribution in [0.3, 0.4) is 0 Å². The van der Waals surface area contributed by atoms with E-state index in [1.165, 1.54) is 11.1 Å². The number of rotatable bonds is 3. The van der Waals surface area contributed by atoms with E-state index in [4.69, 9.17) is 0 Å². The van der Waals surface area contributed by atoms with Gasteiger partial charge in [-0.1, -0.05) is 43.3 Å². The van der Waals surface area contributed by atoms with Crippen molar-refractivity contribution in [2.24, 2.45) is 0 Å². The van der Waals surface area contributed by atoms with Gasteiger partial charge in [-0.2, -0.15) is 0 Å². The number of hydrogen-bond acceptors (Lipinski definition) is 2. The Balaban J connectivity index is 1.76. The minimum atomic E-state index is -0.263. The molecule has 0 saturated heterocycles. The fourth-order valence-corrected chi connectivity index (χ4v) is 2.78. The van der Waals surface area contributed by atoms with Gasteiger partial charge in [-0.05, 0) is 41.7 Å². The van der Waals surface area contributed by atoms with Crippen molar-refractivity contribution in [3.8, 4) is 0 Å². The van der Waals surface area contributed by atoms with E-state index in [1.807, 2.05) is 30.3 Å². The molecule has 21 heavy (non-hydrogen) atoms. The van der Waals surface area contributed by atoms with Crippen LogP contribution in [0.1, 0.15) is 29.7 Å². The zero-order valence-corrected chi connectivity index (χ0v) is 12.2. The molecular weight excluding hydrogens is 260 g/mol. The molecule has 2 aromatic carbocycles. The van der Waals surface area contributed by atoms with E-state index in [9.17, 15) is 4.79 Å². The Labute approximate surface area is 125 Å². The molecule has 0 fully saturated rings. The van der Waals surface area contributed by atoms with Crippen LogP contribution in [-0.4, -0.2) is 12.5 Å². The molecule has 2 aromatic rings. The lowest BCUT2D eigenvalue weighted by Crippen LogP contribution is -2.38. The lowest BCUT2D eigenvalue weighted by molar-refractivity contribution is -0.118. The third-order valence-electron chi connectivity index (χ3n) is 4.00. The first-order valence-electron chi connectivity index (χ1n) is 7.49. The van der Waals surface area contributed by atoms with Crippen molar-refractivity contribution in [2.45, 2.75) is 25.8 Å². The van der Waals surface area contributed by atoms with Crippen LogP contribution in [0.2, 0.25) is 0 Å². The van der Waals surface area contributed by atoms with E-state index in [0.717, 1.165) is 30.6 Å². The number of benzene rings is 2. The third-order valence-corrected chi connectivity index (χ3v) is 4.00. The maximum atomic E-state index is 12.5. The monoisotopic (exact) mass is 280 g/mol. The van der Waals surface area contributed by atoms with Crippen LogP contribution in [0.25, 0.3) is 0 Å². The van der Waals surface area contributed by atoms with E-state index in [2.05, 4.69) is 35.8 Å². The van der Waals surface area contributed by atoms with Crippen LogP contribution in [0.5, 0.6) is 0 Å². The molecule has 0 radical (unpaired) electrons. The number of anilines is 1. The standard InChI is InChI=1S/C18H20N2O/c1-2-13-7-9-15(10-8-13)20-18(21)17-16-6-4-3-5-14(16)11-12-19-17/h3-10,17,19H,2,11-12H2,1H3,(H,20,21). The molecule has 0 saturated carbocycles. The van der Waals surface area contributed by atoms with Gasteiger partial charge in [0.1, 0.15) is 6.04 Å². The van der Waals surface area contributed by atoms with E-state index in [-0.39, 0.29) is 11.9 Å². The molecule has 1 amide bonds. The minimum absolute atomic E-state index is 0.00592. The van der Waals surface area contributed by atoms with Gasteiger partial charge >= 0.3 is 0 Å². The first kappa shape index (κ1) is 13.8.